The van der Waals surface area contributed by atoms with E-state index >= 15 is 0 Å². The maximum Gasteiger partial charge on any atom is 0.339 e. The molecule has 7 heteroatoms. The SMILES string of the molecule is CCCCOCCOC(=O)c1ccc(Br)c(C(=O)OCCOCCCC)c1. The molecule has 0 unspecified atom stereocenters. The molecule has 1 rings (SSSR count). The summed E-state index contributed by atoms with van der Waals surface area (Å²) in [5, 5.41) is 0. The molecule has 0 spiro atoms. The third-order valence-electron chi connectivity index (χ3n) is 3.63. The summed E-state index contributed by atoms with van der Waals surface area (Å²) < 4.78 is 21.6. The van der Waals surface area contributed by atoms with Crippen molar-refractivity contribution in [3.8, 4) is 0 Å². The maximum absolute atomic E-state index is 12.2. The van der Waals surface area contributed by atoms with Gasteiger partial charge in [0.1, 0.15) is 13.2 Å². The first-order valence-corrected chi connectivity index (χ1v) is 10.2. The smallest absolute Gasteiger partial charge is 0.339 e. The minimum absolute atomic E-state index is 0.165. The average Bonchev–Trinajstić information content (AvgIpc) is 2.67. The van der Waals surface area contributed by atoms with Gasteiger partial charge in [-0.25, -0.2) is 9.59 Å². The molecule has 0 amide bonds. The highest BCUT2D eigenvalue weighted by molar-refractivity contribution is 9.10. The van der Waals surface area contributed by atoms with Gasteiger partial charge in [-0.05, 0) is 47.0 Å². The van der Waals surface area contributed by atoms with Gasteiger partial charge in [0.2, 0.25) is 0 Å². The van der Waals surface area contributed by atoms with E-state index in [9.17, 15) is 9.59 Å². The van der Waals surface area contributed by atoms with Gasteiger partial charge in [0.25, 0.3) is 0 Å². The number of ether oxygens (including phenoxy) is 4. The van der Waals surface area contributed by atoms with Crippen molar-refractivity contribution in [3.05, 3.63) is 33.8 Å². The normalized spacial score (nSPS) is 10.6. The van der Waals surface area contributed by atoms with E-state index in [2.05, 4.69) is 29.8 Å². The molecule has 0 aromatic heterocycles. The van der Waals surface area contributed by atoms with E-state index in [1.807, 2.05) is 0 Å². The van der Waals surface area contributed by atoms with Crippen molar-refractivity contribution < 1.29 is 28.5 Å². The van der Waals surface area contributed by atoms with E-state index in [1.165, 1.54) is 6.07 Å². The van der Waals surface area contributed by atoms with Gasteiger partial charge in [-0.1, -0.05) is 26.7 Å². The summed E-state index contributed by atoms with van der Waals surface area (Å²) in [6.45, 7) is 6.52. The molecule has 0 aliphatic heterocycles. The lowest BCUT2D eigenvalue weighted by atomic mass is 10.1. The minimum Gasteiger partial charge on any atom is -0.460 e. The summed E-state index contributed by atoms with van der Waals surface area (Å²) in [4.78, 5) is 24.3. The Bertz CT molecular complexity index is 576. The highest BCUT2D eigenvalue weighted by Gasteiger charge is 2.16. The van der Waals surface area contributed by atoms with Crippen LogP contribution in [0.25, 0.3) is 0 Å². The minimum atomic E-state index is -0.515. The first-order chi connectivity index (χ1) is 13.1. The zero-order valence-electron chi connectivity index (χ0n) is 16.1. The van der Waals surface area contributed by atoms with Crippen molar-refractivity contribution in [2.45, 2.75) is 39.5 Å². The number of carbonyl (C=O) groups is 2. The molecular weight excluding hydrogens is 416 g/mol. The van der Waals surface area contributed by atoms with Crippen LogP contribution in [0.1, 0.15) is 60.2 Å². The molecule has 0 heterocycles. The Morgan fingerprint density at radius 1 is 0.815 bits per heavy atom. The third kappa shape index (κ3) is 9.89. The molecular formula is C20H29BrO6. The molecule has 1 aromatic rings. The summed E-state index contributed by atoms with van der Waals surface area (Å²) in [7, 11) is 0. The van der Waals surface area contributed by atoms with Gasteiger partial charge in [-0.15, -0.1) is 0 Å². The van der Waals surface area contributed by atoms with Crippen molar-refractivity contribution >= 4 is 27.9 Å². The Kier molecular flexibility index (Phi) is 12.8. The van der Waals surface area contributed by atoms with Crippen LogP contribution in [-0.2, 0) is 18.9 Å². The molecule has 0 saturated carbocycles. The highest BCUT2D eigenvalue weighted by atomic mass is 79.9. The topological polar surface area (TPSA) is 71.1 Å². The maximum atomic E-state index is 12.2. The Labute approximate surface area is 169 Å². The summed E-state index contributed by atoms with van der Waals surface area (Å²) in [5.74, 6) is -1.02. The van der Waals surface area contributed by atoms with Crippen LogP contribution in [0.4, 0.5) is 0 Å². The van der Waals surface area contributed by atoms with Crippen molar-refractivity contribution in [1.82, 2.24) is 0 Å². The monoisotopic (exact) mass is 444 g/mol. The van der Waals surface area contributed by atoms with Crippen molar-refractivity contribution in [3.63, 3.8) is 0 Å². The summed E-state index contributed by atoms with van der Waals surface area (Å²) in [6.07, 6.45) is 4.08. The summed E-state index contributed by atoms with van der Waals surface area (Å²) >= 11 is 3.31. The number of hydrogen-bond acceptors (Lipinski definition) is 6. The second-order valence-electron chi connectivity index (χ2n) is 5.90. The van der Waals surface area contributed by atoms with Crippen LogP contribution in [0, 0.1) is 0 Å². The first-order valence-electron chi connectivity index (χ1n) is 9.39. The lowest BCUT2D eigenvalue weighted by molar-refractivity contribution is 0.0309. The molecule has 27 heavy (non-hydrogen) atoms. The van der Waals surface area contributed by atoms with E-state index < -0.39 is 11.9 Å². The van der Waals surface area contributed by atoms with Gasteiger partial charge < -0.3 is 18.9 Å². The van der Waals surface area contributed by atoms with Gasteiger partial charge in [0, 0.05) is 17.7 Å². The van der Waals surface area contributed by atoms with E-state index in [0.717, 1.165) is 25.7 Å². The molecule has 0 saturated heterocycles. The van der Waals surface area contributed by atoms with Gasteiger partial charge in [-0.2, -0.15) is 0 Å². The molecule has 0 atom stereocenters. The molecule has 152 valence electrons. The molecule has 0 fully saturated rings. The Balaban J connectivity index is 2.45. The number of unbranched alkanes of at least 4 members (excludes halogenated alkanes) is 2. The van der Waals surface area contributed by atoms with Crippen LogP contribution in [0.2, 0.25) is 0 Å². The molecule has 0 N–H and O–H groups in total. The van der Waals surface area contributed by atoms with E-state index in [0.29, 0.717) is 30.9 Å². The Morgan fingerprint density at radius 2 is 1.37 bits per heavy atom. The number of hydrogen-bond donors (Lipinski definition) is 0. The fraction of sp³-hybridized carbons (Fsp3) is 0.600. The van der Waals surface area contributed by atoms with E-state index in [4.69, 9.17) is 18.9 Å². The number of esters is 2. The van der Waals surface area contributed by atoms with Crippen LogP contribution >= 0.6 is 15.9 Å². The number of rotatable bonds is 14. The Hall–Kier alpha value is -1.44. The number of benzene rings is 1. The quantitative estimate of drug-likeness (QED) is 0.312. The molecule has 1 aromatic carbocycles. The van der Waals surface area contributed by atoms with Crippen molar-refractivity contribution in [1.29, 1.82) is 0 Å². The molecule has 6 nitrogen and oxygen atoms in total. The van der Waals surface area contributed by atoms with E-state index in [1.54, 1.807) is 12.1 Å². The standard InChI is InChI=1S/C20H29BrO6/c1-3-5-9-24-11-13-26-19(22)16-7-8-18(21)17(15-16)20(23)27-14-12-25-10-6-4-2/h7-8,15H,3-6,9-14H2,1-2H3. The predicted octanol–water partition coefficient (Wildman–Crippen LogP) is 4.40. The second-order valence-corrected chi connectivity index (χ2v) is 6.75. The van der Waals surface area contributed by atoms with Crippen molar-refractivity contribution in [2.75, 3.05) is 39.6 Å². The Morgan fingerprint density at radius 3 is 1.93 bits per heavy atom. The largest absolute Gasteiger partial charge is 0.460 e. The second kappa shape index (κ2) is 14.6. The summed E-state index contributed by atoms with van der Waals surface area (Å²) in [5.41, 5.74) is 0.565. The lowest BCUT2D eigenvalue weighted by Gasteiger charge is -2.09. The van der Waals surface area contributed by atoms with Gasteiger partial charge >= 0.3 is 11.9 Å². The highest BCUT2D eigenvalue weighted by Crippen LogP contribution is 2.20. The van der Waals surface area contributed by atoms with Crippen LogP contribution in [0.5, 0.6) is 0 Å². The predicted molar refractivity (Wildman–Crippen MR) is 106 cm³/mol. The number of halogens is 1. The fourth-order valence-corrected chi connectivity index (χ4v) is 2.46. The van der Waals surface area contributed by atoms with Gasteiger partial charge in [-0.3, -0.25) is 0 Å². The summed E-state index contributed by atoms with van der Waals surface area (Å²) in [6, 6.07) is 4.68. The van der Waals surface area contributed by atoms with Gasteiger partial charge in [0.15, 0.2) is 0 Å². The first kappa shape index (κ1) is 23.6. The van der Waals surface area contributed by atoms with Crippen LogP contribution < -0.4 is 0 Å². The zero-order valence-corrected chi connectivity index (χ0v) is 17.7. The van der Waals surface area contributed by atoms with E-state index in [-0.39, 0.29) is 24.3 Å². The fourth-order valence-electron chi connectivity index (χ4n) is 2.05. The van der Waals surface area contributed by atoms with Crippen molar-refractivity contribution in [2.24, 2.45) is 0 Å². The molecule has 0 aliphatic carbocycles. The third-order valence-corrected chi connectivity index (χ3v) is 4.32. The van der Waals surface area contributed by atoms with Crippen LogP contribution in [-0.4, -0.2) is 51.6 Å². The van der Waals surface area contributed by atoms with Crippen LogP contribution in [0.3, 0.4) is 0 Å². The molecule has 0 bridgehead atoms. The van der Waals surface area contributed by atoms with Crippen LogP contribution in [0.15, 0.2) is 22.7 Å². The zero-order chi connectivity index (χ0) is 19.9. The molecule has 0 radical (unpaired) electrons. The lowest BCUT2D eigenvalue weighted by Crippen LogP contribution is -2.14. The average molecular weight is 445 g/mol. The van der Waals surface area contributed by atoms with Gasteiger partial charge in [0.05, 0.1) is 24.3 Å². The molecule has 0 aliphatic rings. The number of carbonyl (C=O) groups excluding carboxylic acids is 2.